The van der Waals surface area contributed by atoms with Gasteiger partial charge in [-0.25, -0.2) is 14.6 Å². The summed E-state index contributed by atoms with van der Waals surface area (Å²) in [6, 6.07) is 14.4. The van der Waals surface area contributed by atoms with Crippen molar-refractivity contribution in [2.45, 2.75) is 56.9 Å². The smallest absolute Gasteiger partial charge is 0.405 e. The molecule has 0 aliphatic carbocycles. The molecule has 2 fully saturated rings. The van der Waals surface area contributed by atoms with Crippen LogP contribution in [-0.2, 0) is 20.9 Å². The molecule has 5 aromatic rings. The van der Waals surface area contributed by atoms with E-state index in [9.17, 15) is 41.9 Å². The zero-order valence-electron chi connectivity index (χ0n) is 36.4. The molecule has 3 aliphatic rings. The quantitative estimate of drug-likeness (QED) is 0.0509. The van der Waals surface area contributed by atoms with Crippen molar-refractivity contribution in [3.63, 3.8) is 0 Å². The molecule has 6 amide bonds. The first kappa shape index (κ1) is 47.0. The summed E-state index contributed by atoms with van der Waals surface area (Å²) in [7, 11) is 0. The van der Waals surface area contributed by atoms with Crippen molar-refractivity contribution < 1.29 is 51.1 Å². The van der Waals surface area contributed by atoms with Crippen LogP contribution in [0.5, 0.6) is 0 Å². The van der Waals surface area contributed by atoms with Crippen molar-refractivity contribution >= 4 is 52.6 Å². The number of nitrogens with two attached hydrogens (primary N) is 1. The van der Waals surface area contributed by atoms with Gasteiger partial charge in [0.25, 0.3) is 23.6 Å². The summed E-state index contributed by atoms with van der Waals surface area (Å²) in [6.45, 7) is 2.96. The lowest BCUT2D eigenvalue weighted by Crippen LogP contribution is -2.54. The molecule has 20 nitrogen and oxygen atoms in total. The standard InChI is InChI=1S/C45H47F3N12O8/c46-45(47,48)25-53-35-20-27(13-14-52-35)42-55-33(24-68-42)40(63)54-32-23-59(57-38(32)39(49)62)28-9-7-26(8-10-28)21-50-22-29-4-1-2-16-58(29)17-19-67-18-15-51-31-6-3-5-30-37(31)44(66)60(43(30)65)34-11-12-36(61)56-41(34)64/h3,5-10,13-14,20,23-24,29,34,50-51H,1-2,4,11-12,15-19,21-22,25H2,(H2,49,62)(H,52,53)(H,54,63)(H,56,61,64). The van der Waals surface area contributed by atoms with Crippen LogP contribution in [0.15, 0.2) is 77.7 Å². The second-order valence-electron chi connectivity index (χ2n) is 16.3. The number of pyridine rings is 1. The highest BCUT2D eigenvalue weighted by molar-refractivity contribution is 6.25. The molecule has 3 aromatic heterocycles. The Kier molecular flexibility index (Phi) is 14.2. The van der Waals surface area contributed by atoms with Gasteiger partial charge >= 0.3 is 6.18 Å². The van der Waals surface area contributed by atoms with E-state index in [-0.39, 0.29) is 58.3 Å². The van der Waals surface area contributed by atoms with Crippen LogP contribution >= 0.6 is 0 Å². The average Bonchev–Trinajstić information content (AvgIpc) is 4.05. The first-order valence-corrected chi connectivity index (χ1v) is 21.9. The monoisotopic (exact) mass is 940 g/mol. The number of hydrogen-bond donors (Lipinski definition) is 6. The van der Waals surface area contributed by atoms with E-state index >= 15 is 0 Å². The van der Waals surface area contributed by atoms with Gasteiger partial charge in [0.15, 0.2) is 11.4 Å². The van der Waals surface area contributed by atoms with Crippen molar-refractivity contribution in [3.8, 4) is 17.1 Å². The Balaban J connectivity index is 0.782. The number of imide groups is 2. The fourth-order valence-electron chi connectivity index (χ4n) is 8.27. The predicted octanol–water partition coefficient (Wildman–Crippen LogP) is 3.72. The van der Waals surface area contributed by atoms with Crippen molar-refractivity contribution in [1.82, 2.24) is 40.2 Å². The van der Waals surface area contributed by atoms with E-state index in [4.69, 9.17) is 14.9 Å². The van der Waals surface area contributed by atoms with Crippen LogP contribution in [0, 0.1) is 0 Å². The largest absolute Gasteiger partial charge is 0.444 e. The summed E-state index contributed by atoms with van der Waals surface area (Å²) in [6.07, 6.45) is 2.68. The highest BCUT2D eigenvalue weighted by Gasteiger charge is 2.45. The number of amides is 6. The SMILES string of the molecule is NC(=O)c1nn(-c2ccc(CNCC3CCCCN3CCOCCNc3cccc4c3C(=O)N(C3CCC(=O)NC3=O)C4=O)cc2)cc1NC(=O)c1coc(-c2ccnc(NCC(F)(F)F)c2)n1. The number of primary amides is 1. The Morgan fingerprint density at radius 1 is 0.971 bits per heavy atom. The van der Waals surface area contributed by atoms with Gasteiger partial charge in [-0.15, -0.1) is 0 Å². The zero-order valence-corrected chi connectivity index (χ0v) is 36.4. The number of oxazole rings is 1. The highest BCUT2D eigenvalue weighted by Crippen LogP contribution is 2.32. The highest BCUT2D eigenvalue weighted by atomic mass is 19.4. The van der Waals surface area contributed by atoms with Crippen molar-refractivity contribution in [2.75, 3.05) is 61.9 Å². The number of fused-ring (bicyclic) bond motifs is 1. The summed E-state index contributed by atoms with van der Waals surface area (Å²) < 4.78 is 50.7. The normalized spacial score (nSPS) is 17.5. The van der Waals surface area contributed by atoms with Crippen molar-refractivity contribution in [3.05, 3.63) is 101 Å². The van der Waals surface area contributed by atoms with E-state index in [1.807, 2.05) is 24.3 Å². The Morgan fingerprint density at radius 2 is 1.79 bits per heavy atom. The molecule has 0 spiro atoms. The summed E-state index contributed by atoms with van der Waals surface area (Å²) in [5, 5.41) is 18.0. The van der Waals surface area contributed by atoms with Crippen LogP contribution in [0.2, 0.25) is 0 Å². The molecule has 6 heterocycles. The van der Waals surface area contributed by atoms with Gasteiger partial charge in [0, 0.05) is 56.1 Å². The Hall–Kier alpha value is -7.50. The van der Waals surface area contributed by atoms with Crippen LogP contribution in [0.4, 0.5) is 30.4 Å². The number of alkyl halides is 3. The van der Waals surface area contributed by atoms with Crippen molar-refractivity contribution in [1.29, 1.82) is 0 Å². The van der Waals surface area contributed by atoms with E-state index in [0.717, 1.165) is 55.6 Å². The van der Waals surface area contributed by atoms with Gasteiger partial charge in [0.2, 0.25) is 17.7 Å². The van der Waals surface area contributed by atoms with E-state index < -0.39 is 54.2 Å². The molecular formula is C45H47F3N12O8. The Labute approximate surface area is 386 Å². The number of halogens is 3. The second-order valence-corrected chi connectivity index (χ2v) is 16.3. The van der Waals surface area contributed by atoms with Crippen LogP contribution in [0.3, 0.4) is 0 Å². The van der Waals surface area contributed by atoms with E-state index in [0.29, 0.717) is 43.7 Å². The Bertz CT molecular complexity index is 2710. The third-order valence-electron chi connectivity index (χ3n) is 11.6. The third kappa shape index (κ3) is 11.0. The fourth-order valence-corrected chi connectivity index (χ4v) is 8.27. The van der Waals surface area contributed by atoms with Gasteiger partial charge < -0.3 is 36.2 Å². The number of carbonyl (C=O) groups excluding carboxylic acids is 6. The number of anilines is 3. The fraction of sp³-hybridized carbons (Fsp3) is 0.356. The maximum Gasteiger partial charge on any atom is 0.405 e. The molecule has 3 aliphatic heterocycles. The molecule has 0 radical (unpaired) electrons. The number of hydrogen-bond acceptors (Lipinski definition) is 15. The van der Waals surface area contributed by atoms with Crippen LogP contribution in [-0.4, -0.2) is 129 Å². The molecule has 2 saturated heterocycles. The van der Waals surface area contributed by atoms with E-state index in [2.05, 4.69) is 46.6 Å². The number of benzene rings is 2. The minimum Gasteiger partial charge on any atom is -0.444 e. The van der Waals surface area contributed by atoms with Crippen LogP contribution in [0.1, 0.15) is 79.4 Å². The second kappa shape index (κ2) is 20.6. The summed E-state index contributed by atoms with van der Waals surface area (Å²) in [5.41, 5.74) is 7.99. The Morgan fingerprint density at radius 3 is 2.57 bits per heavy atom. The molecular weight excluding hydrogens is 894 g/mol. The number of piperidine rings is 2. The average molecular weight is 941 g/mol. The minimum absolute atomic E-state index is 0.0209. The molecule has 7 N–H and O–H groups in total. The molecule has 68 heavy (non-hydrogen) atoms. The molecule has 8 rings (SSSR count). The minimum atomic E-state index is -4.45. The van der Waals surface area contributed by atoms with Crippen LogP contribution < -0.4 is 32.3 Å². The third-order valence-corrected chi connectivity index (χ3v) is 11.6. The maximum atomic E-state index is 13.4. The van der Waals surface area contributed by atoms with Gasteiger partial charge in [0.05, 0.1) is 41.9 Å². The van der Waals surface area contributed by atoms with Gasteiger partial charge in [-0.2, -0.15) is 18.3 Å². The molecule has 23 heteroatoms. The molecule has 2 atom stereocenters. The number of nitrogens with zero attached hydrogens (tertiary/aromatic N) is 6. The summed E-state index contributed by atoms with van der Waals surface area (Å²) in [4.78, 5) is 87.5. The first-order chi connectivity index (χ1) is 32.7. The molecule has 356 valence electrons. The molecule has 0 saturated carbocycles. The summed E-state index contributed by atoms with van der Waals surface area (Å²) in [5.74, 6) is -3.97. The van der Waals surface area contributed by atoms with E-state index in [1.165, 1.54) is 29.2 Å². The van der Waals surface area contributed by atoms with Gasteiger partial charge in [0.1, 0.15) is 24.7 Å². The van der Waals surface area contributed by atoms with Crippen molar-refractivity contribution in [2.24, 2.45) is 5.73 Å². The first-order valence-electron chi connectivity index (χ1n) is 21.9. The van der Waals surface area contributed by atoms with Gasteiger partial charge in [-0.1, -0.05) is 24.6 Å². The number of carbonyl (C=O) groups is 6. The van der Waals surface area contributed by atoms with Gasteiger partial charge in [-0.05, 0) is 67.8 Å². The molecule has 2 aromatic carbocycles. The topological polar surface area (TPSA) is 261 Å². The number of likely N-dealkylation sites (tertiary alicyclic amines) is 1. The molecule has 0 bridgehead atoms. The zero-order chi connectivity index (χ0) is 48.0. The van der Waals surface area contributed by atoms with Crippen LogP contribution in [0.25, 0.3) is 17.1 Å². The summed E-state index contributed by atoms with van der Waals surface area (Å²) >= 11 is 0. The lowest BCUT2D eigenvalue weighted by atomic mass is 10.0. The lowest BCUT2D eigenvalue weighted by Gasteiger charge is -2.35. The predicted molar refractivity (Wildman–Crippen MR) is 238 cm³/mol. The number of rotatable bonds is 19. The molecule has 2 unspecified atom stereocenters. The number of ether oxygens (including phenoxy) is 1. The van der Waals surface area contributed by atoms with E-state index in [1.54, 1.807) is 18.2 Å². The lowest BCUT2D eigenvalue weighted by molar-refractivity contribution is -0.136. The van der Waals surface area contributed by atoms with Gasteiger partial charge in [-0.3, -0.25) is 43.9 Å². The number of nitrogens with one attached hydrogen (secondary N) is 5. The maximum absolute atomic E-state index is 13.4. The number of aromatic nitrogens is 4.